The summed E-state index contributed by atoms with van der Waals surface area (Å²) in [6.07, 6.45) is 0.791. The van der Waals surface area contributed by atoms with Gasteiger partial charge in [-0.05, 0) is 20.3 Å². The summed E-state index contributed by atoms with van der Waals surface area (Å²) in [5.74, 6) is 0.0350. The van der Waals surface area contributed by atoms with E-state index >= 15 is 0 Å². The van der Waals surface area contributed by atoms with Gasteiger partial charge in [-0.15, -0.1) is 0 Å². The van der Waals surface area contributed by atoms with E-state index in [2.05, 4.69) is 9.05 Å². The zero-order valence-electron chi connectivity index (χ0n) is 7.86. The molecule has 6 heteroatoms. The first kappa shape index (κ1) is 12.8. The zero-order chi connectivity index (χ0) is 10.3. The Morgan fingerprint density at radius 1 is 1.46 bits per heavy atom. The second kappa shape index (κ2) is 6.27. The fraction of sp³-hybridized carbons (Fsp3) is 0.857. The van der Waals surface area contributed by atoms with E-state index in [0.717, 1.165) is 0 Å². The third-order valence-corrected chi connectivity index (χ3v) is 2.31. The maximum Gasteiger partial charge on any atom is 0.472 e. The fourth-order valence-corrected chi connectivity index (χ4v) is 1.46. The highest BCUT2D eigenvalue weighted by Crippen LogP contribution is 2.42. The van der Waals surface area contributed by atoms with Gasteiger partial charge in [-0.2, -0.15) is 0 Å². The standard InChI is InChI=1S/C7H15O5P/c1-3-11-13(9,10)12-6-4-5-7(2)8/h3-6H2,1-2H3,(H,9,10). The fourth-order valence-electron chi connectivity index (χ4n) is 0.701. The molecule has 0 fully saturated rings. The summed E-state index contributed by atoms with van der Waals surface area (Å²) >= 11 is 0. The monoisotopic (exact) mass is 210 g/mol. The Hall–Kier alpha value is -0.220. The van der Waals surface area contributed by atoms with Crippen LogP contribution in [-0.2, 0) is 18.4 Å². The zero-order valence-corrected chi connectivity index (χ0v) is 8.75. The second-order valence-electron chi connectivity index (χ2n) is 2.53. The molecule has 0 aliphatic rings. The Morgan fingerprint density at radius 2 is 2.08 bits per heavy atom. The lowest BCUT2D eigenvalue weighted by atomic mass is 10.2. The van der Waals surface area contributed by atoms with Gasteiger partial charge in [0.1, 0.15) is 5.78 Å². The molecule has 0 aromatic carbocycles. The van der Waals surface area contributed by atoms with E-state index in [4.69, 9.17) is 4.89 Å². The van der Waals surface area contributed by atoms with Crippen molar-refractivity contribution in [3.05, 3.63) is 0 Å². The number of phosphoric ester groups is 1. The molecule has 13 heavy (non-hydrogen) atoms. The van der Waals surface area contributed by atoms with Gasteiger partial charge in [0.2, 0.25) is 0 Å². The van der Waals surface area contributed by atoms with E-state index in [-0.39, 0.29) is 19.0 Å². The predicted molar refractivity (Wildman–Crippen MR) is 47.3 cm³/mol. The molecule has 0 rings (SSSR count). The minimum Gasteiger partial charge on any atom is -0.302 e. The van der Waals surface area contributed by atoms with Crippen molar-refractivity contribution in [2.75, 3.05) is 13.2 Å². The van der Waals surface area contributed by atoms with Crippen LogP contribution in [0.1, 0.15) is 26.7 Å². The van der Waals surface area contributed by atoms with Gasteiger partial charge in [-0.25, -0.2) is 4.57 Å². The molecule has 0 aromatic heterocycles. The summed E-state index contributed by atoms with van der Waals surface area (Å²) in [6.45, 7) is 3.25. The molecule has 0 amide bonds. The van der Waals surface area contributed by atoms with Crippen molar-refractivity contribution in [1.29, 1.82) is 0 Å². The predicted octanol–water partition coefficient (Wildman–Crippen LogP) is 1.51. The van der Waals surface area contributed by atoms with Crippen LogP contribution in [0.2, 0.25) is 0 Å². The van der Waals surface area contributed by atoms with Crippen LogP contribution in [0.25, 0.3) is 0 Å². The molecule has 0 spiro atoms. The second-order valence-corrected chi connectivity index (χ2v) is 3.98. The van der Waals surface area contributed by atoms with Gasteiger partial charge in [-0.3, -0.25) is 9.05 Å². The van der Waals surface area contributed by atoms with E-state index < -0.39 is 7.82 Å². The van der Waals surface area contributed by atoms with Crippen molar-refractivity contribution >= 4 is 13.6 Å². The van der Waals surface area contributed by atoms with Gasteiger partial charge >= 0.3 is 7.82 Å². The topological polar surface area (TPSA) is 72.8 Å². The molecule has 0 saturated heterocycles. The summed E-state index contributed by atoms with van der Waals surface area (Å²) in [7, 11) is -3.86. The third-order valence-electron chi connectivity index (χ3n) is 1.22. The number of carbonyl (C=O) groups excluding carboxylic acids is 1. The molecule has 1 atom stereocenters. The molecule has 0 aromatic rings. The molecular formula is C7H15O5P. The third kappa shape index (κ3) is 8.12. The van der Waals surface area contributed by atoms with Gasteiger partial charge in [0.15, 0.2) is 0 Å². The maximum atomic E-state index is 10.9. The van der Waals surface area contributed by atoms with Crippen LogP contribution in [0, 0.1) is 0 Å². The van der Waals surface area contributed by atoms with E-state index in [1.165, 1.54) is 6.92 Å². The number of carbonyl (C=O) groups is 1. The van der Waals surface area contributed by atoms with E-state index in [1.807, 2.05) is 0 Å². The van der Waals surface area contributed by atoms with Crippen LogP contribution in [-0.4, -0.2) is 23.9 Å². The number of phosphoric acid groups is 1. The van der Waals surface area contributed by atoms with Crippen LogP contribution >= 0.6 is 7.82 Å². The normalized spacial score (nSPS) is 15.3. The molecule has 0 aliphatic heterocycles. The number of hydrogen-bond donors (Lipinski definition) is 1. The highest BCUT2D eigenvalue weighted by molar-refractivity contribution is 7.47. The van der Waals surface area contributed by atoms with Crippen LogP contribution in [0.5, 0.6) is 0 Å². The van der Waals surface area contributed by atoms with E-state index in [9.17, 15) is 9.36 Å². The van der Waals surface area contributed by atoms with Gasteiger partial charge in [0.05, 0.1) is 13.2 Å². The SMILES string of the molecule is CCOP(=O)(O)OCCCC(C)=O. The number of Topliss-reactive ketones (excluding diaryl/α,β-unsaturated/α-hetero) is 1. The lowest BCUT2D eigenvalue weighted by Crippen LogP contribution is -1.99. The molecule has 1 unspecified atom stereocenters. The summed E-state index contributed by atoms with van der Waals surface area (Å²) in [4.78, 5) is 19.4. The Morgan fingerprint density at radius 3 is 2.54 bits per heavy atom. The van der Waals surface area contributed by atoms with Crippen LogP contribution < -0.4 is 0 Å². The smallest absolute Gasteiger partial charge is 0.302 e. The van der Waals surface area contributed by atoms with Crippen molar-refractivity contribution in [1.82, 2.24) is 0 Å². The van der Waals surface area contributed by atoms with Gasteiger partial charge < -0.3 is 9.69 Å². The Bertz CT molecular complexity index is 203. The number of hydrogen-bond acceptors (Lipinski definition) is 4. The van der Waals surface area contributed by atoms with Gasteiger partial charge in [0.25, 0.3) is 0 Å². The Balaban J connectivity index is 3.52. The number of rotatable bonds is 7. The van der Waals surface area contributed by atoms with Crippen LogP contribution in [0.4, 0.5) is 0 Å². The molecule has 0 saturated carbocycles. The molecule has 0 radical (unpaired) electrons. The minimum absolute atomic E-state index is 0.0350. The maximum absolute atomic E-state index is 10.9. The first-order valence-corrected chi connectivity index (χ1v) is 5.59. The first-order valence-electron chi connectivity index (χ1n) is 4.09. The van der Waals surface area contributed by atoms with E-state index in [0.29, 0.717) is 12.8 Å². The van der Waals surface area contributed by atoms with Crippen molar-refractivity contribution in [3.63, 3.8) is 0 Å². The highest BCUT2D eigenvalue weighted by Gasteiger charge is 2.18. The summed E-state index contributed by atoms with van der Waals surface area (Å²) in [5.41, 5.74) is 0. The molecule has 78 valence electrons. The summed E-state index contributed by atoms with van der Waals surface area (Å²) < 4.78 is 19.9. The molecule has 0 bridgehead atoms. The van der Waals surface area contributed by atoms with E-state index in [1.54, 1.807) is 6.92 Å². The quantitative estimate of drug-likeness (QED) is 0.509. The Labute approximate surface area is 77.7 Å². The molecule has 0 heterocycles. The largest absolute Gasteiger partial charge is 0.472 e. The highest BCUT2D eigenvalue weighted by atomic mass is 31.2. The average molecular weight is 210 g/mol. The van der Waals surface area contributed by atoms with Crippen molar-refractivity contribution < 1.29 is 23.3 Å². The van der Waals surface area contributed by atoms with Crippen molar-refractivity contribution in [2.45, 2.75) is 26.7 Å². The van der Waals surface area contributed by atoms with Crippen molar-refractivity contribution in [3.8, 4) is 0 Å². The summed E-state index contributed by atoms with van der Waals surface area (Å²) in [6, 6.07) is 0. The van der Waals surface area contributed by atoms with Crippen LogP contribution in [0.3, 0.4) is 0 Å². The lowest BCUT2D eigenvalue weighted by molar-refractivity contribution is -0.117. The number of ketones is 1. The molecule has 0 aliphatic carbocycles. The summed E-state index contributed by atoms with van der Waals surface area (Å²) in [5, 5.41) is 0. The molecule has 5 nitrogen and oxygen atoms in total. The average Bonchev–Trinajstić information content (AvgIpc) is 1.98. The Kier molecular flexibility index (Phi) is 6.16. The van der Waals surface area contributed by atoms with Crippen molar-refractivity contribution in [2.24, 2.45) is 0 Å². The first-order chi connectivity index (χ1) is 5.98. The van der Waals surface area contributed by atoms with Gasteiger partial charge in [0, 0.05) is 6.42 Å². The lowest BCUT2D eigenvalue weighted by Gasteiger charge is -2.09. The molecular weight excluding hydrogens is 195 g/mol. The minimum atomic E-state index is -3.86. The van der Waals surface area contributed by atoms with Crippen LogP contribution in [0.15, 0.2) is 0 Å². The molecule has 1 N–H and O–H groups in total. The van der Waals surface area contributed by atoms with Gasteiger partial charge in [-0.1, -0.05) is 0 Å².